The van der Waals surface area contributed by atoms with Crippen LogP contribution in [-0.4, -0.2) is 36.2 Å². The summed E-state index contributed by atoms with van der Waals surface area (Å²) < 4.78 is 0. The Balaban J connectivity index is 1.77. The van der Waals surface area contributed by atoms with Crippen molar-refractivity contribution in [1.29, 1.82) is 0 Å². The van der Waals surface area contributed by atoms with Gasteiger partial charge in [-0.2, -0.15) is 0 Å². The van der Waals surface area contributed by atoms with E-state index in [0.717, 1.165) is 25.2 Å². The Morgan fingerprint density at radius 2 is 2.00 bits per heavy atom. The molecule has 2 heteroatoms. The third-order valence-corrected chi connectivity index (χ3v) is 2.60. The second-order valence-corrected chi connectivity index (χ2v) is 3.91. The molecule has 0 spiro atoms. The Kier molecular flexibility index (Phi) is 3.39. The molecule has 0 amide bonds. The number of benzene rings is 1. The van der Waals surface area contributed by atoms with Crippen LogP contribution in [0.5, 0.6) is 0 Å². The lowest BCUT2D eigenvalue weighted by Crippen LogP contribution is -2.48. The summed E-state index contributed by atoms with van der Waals surface area (Å²) in [5.74, 6) is 6.74. The van der Waals surface area contributed by atoms with Crippen molar-refractivity contribution in [3.05, 3.63) is 35.9 Å². The van der Waals surface area contributed by atoms with Crippen molar-refractivity contribution in [2.24, 2.45) is 5.92 Å². The first-order valence-corrected chi connectivity index (χ1v) is 5.25. The summed E-state index contributed by atoms with van der Waals surface area (Å²) >= 11 is 0. The lowest BCUT2D eigenvalue weighted by Gasteiger charge is -2.36. The van der Waals surface area contributed by atoms with Crippen molar-refractivity contribution in [1.82, 2.24) is 4.90 Å². The second kappa shape index (κ2) is 4.97. The number of nitrogens with zero attached hydrogens (tertiary/aromatic N) is 1. The van der Waals surface area contributed by atoms with Crippen LogP contribution in [-0.2, 0) is 0 Å². The average Bonchev–Trinajstić information content (AvgIpc) is 2.23. The van der Waals surface area contributed by atoms with E-state index in [1.807, 2.05) is 30.3 Å². The molecule has 1 heterocycles. The first-order valence-electron chi connectivity index (χ1n) is 5.25. The first kappa shape index (κ1) is 10.2. The van der Waals surface area contributed by atoms with Gasteiger partial charge >= 0.3 is 0 Å². The number of likely N-dealkylation sites (tertiary alicyclic amines) is 1. The lowest BCUT2D eigenvalue weighted by atomic mass is 10.0. The maximum Gasteiger partial charge on any atom is 0.0605 e. The molecule has 78 valence electrons. The Bertz CT molecular complexity index is 357. The largest absolute Gasteiger partial charge is 0.396 e. The fourth-order valence-electron chi connectivity index (χ4n) is 1.70. The zero-order valence-corrected chi connectivity index (χ0v) is 8.69. The summed E-state index contributed by atoms with van der Waals surface area (Å²) in [6.45, 7) is 3.09. The number of rotatable bonds is 2. The molecule has 1 N–H and O–H groups in total. The topological polar surface area (TPSA) is 23.5 Å². The summed E-state index contributed by atoms with van der Waals surface area (Å²) in [7, 11) is 0. The minimum absolute atomic E-state index is 0.308. The van der Waals surface area contributed by atoms with Crippen molar-refractivity contribution in [3.63, 3.8) is 0 Å². The maximum atomic E-state index is 8.84. The summed E-state index contributed by atoms with van der Waals surface area (Å²) in [4.78, 5) is 2.25. The molecule has 0 aromatic heterocycles. The molecule has 2 nitrogen and oxygen atoms in total. The van der Waals surface area contributed by atoms with E-state index in [1.54, 1.807) is 0 Å². The van der Waals surface area contributed by atoms with Gasteiger partial charge in [0, 0.05) is 31.2 Å². The van der Waals surface area contributed by atoms with Crippen LogP contribution in [0.25, 0.3) is 0 Å². The monoisotopic (exact) mass is 201 g/mol. The molecule has 0 bridgehead atoms. The fraction of sp³-hybridized carbons (Fsp3) is 0.385. The lowest BCUT2D eigenvalue weighted by molar-refractivity contribution is 0.0654. The Labute approximate surface area is 90.5 Å². The molecule has 0 radical (unpaired) electrons. The van der Waals surface area contributed by atoms with E-state index in [-0.39, 0.29) is 0 Å². The quantitative estimate of drug-likeness (QED) is 0.720. The summed E-state index contributed by atoms with van der Waals surface area (Å²) in [5, 5.41) is 8.84. The van der Waals surface area contributed by atoms with E-state index < -0.39 is 0 Å². The third kappa shape index (κ3) is 2.82. The van der Waals surface area contributed by atoms with Crippen LogP contribution in [0.3, 0.4) is 0 Å². The van der Waals surface area contributed by atoms with Crippen LogP contribution in [0.1, 0.15) is 5.56 Å². The highest BCUT2D eigenvalue weighted by Crippen LogP contribution is 2.12. The Morgan fingerprint density at radius 1 is 1.27 bits per heavy atom. The van der Waals surface area contributed by atoms with Gasteiger partial charge < -0.3 is 5.11 Å². The van der Waals surface area contributed by atoms with Crippen molar-refractivity contribution in [3.8, 4) is 11.8 Å². The highest BCUT2D eigenvalue weighted by Gasteiger charge is 2.24. The molecular weight excluding hydrogens is 186 g/mol. The summed E-state index contributed by atoms with van der Waals surface area (Å²) in [6, 6.07) is 10.0. The van der Waals surface area contributed by atoms with Crippen molar-refractivity contribution < 1.29 is 5.11 Å². The van der Waals surface area contributed by atoms with E-state index in [0.29, 0.717) is 12.5 Å². The first-order chi connectivity index (χ1) is 7.38. The molecule has 0 unspecified atom stereocenters. The van der Waals surface area contributed by atoms with Crippen LogP contribution >= 0.6 is 0 Å². The van der Waals surface area contributed by atoms with Gasteiger partial charge in [-0.3, -0.25) is 4.90 Å². The van der Waals surface area contributed by atoms with Crippen LogP contribution in [0.4, 0.5) is 0 Å². The zero-order chi connectivity index (χ0) is 10.5. The molecule has 0 atom stereocenters. The van der Waals surface area contributed by atoms with Gasteiger partial charge in [0.25, 0.3) is 0 Å². The van der Waals surface area contributed by atoms with Crippen LogP contribution in [0.2, 0.25) is 0 Å². The van der Waals surface area contributed by atoms with Gasteiger partial charge in [-0.05, 0) is 12.1 Å². The van der Waals surface area contributed by atoms with Gasteiger partial charge in [0.05, 0.1) is 6.54 Å². The number of aliphatic hydroxyl groups is 1. The third-order valence-electron chi connectivity index (χ3n) is 2.60. The Morgan fingerprint density at radius 3 is 2.67 bits per heavy atom. The molecule has 0 saturated carbocycles. The average molecular weight is 201 g/mol. The maximum absolute atomic E-state index is 8.84. The van der Waals surface area contributed by atoms with Gasteiger partial charge in [-0.15, -0.1) is 0 Å². The van der Waals surface area contributed by atoms with Crippen LogP contribution in [0.15, 0.2) is 30.3 Å². The van der Waals surface area contributed by atoms with E-state index in [9.17, 15) is 0 Å². The Hall–Kier alpha value is -1.30. The molecule has 1 aromatic rings. The minimum Gasteiger partial charge on any atom is -0.396 e. The van der Waals surface area contributed by atoms with E-state index in [1.165, 1.54) is 0 Å². The molecule has 0 aliphatic carbocycles. The van der Waals surface area contributed by atoms with E-state index in [2.05, 4.69) is 16.7 Å². The van der Waals surface area contributed by atoms with E-state index in [4.69, 9.17) is 5.11 Å². The predicted molar refractivity (Wildman–Crippen MR) is 60.3 cm³/mol. The molecule has 2 rings (SSSR count). The van der Waals surface area contributed by atoms with Gasteiger partial charge in [0.1, 0.15) is 0 Å². The van der Waals surface area contributed by atoms with Gasteiger partial charge in [-0.1, -0.05) is 30.0 Å². The fourth-order valence-corrected chi connectivity index (χ4v) is 1.70. The van der Waals surface area contributed by atoms with Gasteiger partial charge in [0.2, 0.25) is 0 Å². The van der Waals surface area contributed by atoms with Crippen molar-refractivity contribution >= 4 is 0 Å². The second-order valence-electron chi connectivity index (χ2n) is 3.91. The predicted octanol–water partition coefficient (Wildman–Crippen LogP) is 0.962. The molecule has 1 saturated heterocycles. The van der Waals surface area contributed by atoms with Gasteiger partial charge in [-0.25, -0.2) is 0 Å². The SMILES string of the molecule is OCC1CN(CC#Cc2ccccc2)C1. The summed E-state index contributed by atoms with van der Waals surface area (Å²) in [6.07, 6.45) is 0. The zero-order valence-electron chi connectivity index (χ0n) is 8.69. The minimum atomic E-state index is 0.308. The molecule has 1 aliphatic rings. The molecule has 1 aliphatic heterocycles. The highest BCUT2D eigenvalue weighted by molar-refractivity contribution is 5.33. The van der Waals surface area contributed by atoms with Crippen LogP contribution in [0, 0.1) is 17.8 Å². The van der Waals surface area contributed by atoms with E-state index >= 15 is 0 Å². The molecule has 15 heavy (non-hydrogen) atoms. The van der Waals surface area contributed by atoms with Gasteiger partial charge in [0.15, 0.2) is 0 Å². The van der Waals surface area contributed by atoms with Crippen molar-refractivity contribution in [2.75, 3.05) is 26.2 Å². The summed E-state index contributed by atoms with van der Waals surface area (Å²) in [5.41, 5.74) is 1.07. The number of hydrogen-bond donors (Lipinski definition) is 1. The molecular formula is C13H15NO. The standard InChI is InChI=1S/C13H15NO/c15-11-13-9-14(10-13)8-4-7-12-5-2-1-3-6-12/h1-3,5-6,13,15H,8-11H2. The van der Waals surface area contributed by atoms with Crippen LogP contribution < -0.4 is 0 Å². The highest BCUT2D eigenvalue weighted by atomic mass is 16.3. The molecule has 1 fully saturated rings. The normalized spacial score (nSPS) is 16.6. The van der Waals surface area contributed by atoms with Crippen molar-refractivity contribution in [2.45, 2.75) is 0 Å². The number of aliphatic hydroxyl groups excluding tert-OH is 1. The smallest absolute Gasteiger partial charge is 0.0605 e. The number of hydrogen-bond acceptors (Lipinski definition) is 2. The molecule has 1 aromatic carbocycles.